The molecule has 0 spiro atoms. The summed E-state index contributed by atoms with van der Waals surface area (Å²) in [5, 5.41) is 4.81. The zero-order valence-electron chi connectivity index (χ0n) is 14.1. The maximum atomic E-state index is 12.4. The first-order valence-electron chi connectivity index (χ1n) is 7.87. The lowest BCUT2D eigenvalue weighted by molar-refractivity contribution is 0.0248. The van der Waals surface area contributed by atoms with Gasteiger partial charge in [0.1, 0.15) is 10.8 Å². The predicted molar refractivity (Wildman–Crippen MR) is 95.6 cm³/mol. The third kappa shape index (κ3) is 3.24. The summed E-state index contributed by atoms with van der Waals surface area (Å²) >= 11 is 10.00. The molecule has 0 radical (unpaired) electrons. The van der Waals surface area contributed by atoms with Crippen LogP contribution in [0.25, 0.3) is 5.65 Å². The SMILES string of the molecule is CC1CN(C(=O)OC(C)(C)C)CCc2c1nc1c(Br)cnn1c2Cl. The molecule has 0 N–H and O–H groups in total. The second-order valence-corrected chi connectivity index (χ2v) is 8.28. The van der Waals surface area contributed by atoms with Crippen LogP contribution in [0.4, 0.5) is 4.79 Å². The average Bonchev–Trinajstić information content (AvgIpc) is 2.74. The fourth-order valence-electron chi connectivity index (χ4n) is 2.87. The Hall–Kier alpha value is -1.34. The van der Waals surface area contributed by atoms with Gasteiger partial charge in [0.25, 0.3) is 0 Å². The topological polar surface area (TPSA) is 59.7 Å². The number of nitrogens with zero attached hydrogens (tertiary/aromatic N) is 4. The number of halogens is 2. The van der Waals surface area contributed by atoms with Crippen molar-refractivity contribution in [2.75, 3.05) is 13.1 Å². The summed E-state index contributed by atoms with van der Waals surface area (Å²) in [5.74, 6) is 0.0549. The highest BCUT2D eigenvalue weighted by molar-refractivity contribution is 9.10. The van der Waals surface area contributed by atoms with Crippen molar-refractivity contribution in [3.05, 3.63) is 27.1 Å². The molecule has 3 rings (SSSR count). The summed E-state index contributed by atoms with van der Waals surface area (Å²) in [7, 11) is 0. The molecule has 130 valence electrons. The van der Waals surface area contributed by atoms with Gasteiger partial charge in [-0.25, -0.2) is 14.3 Å². The maximum Gasteiger partial charge on any atom is 0.410 e. The van der Waals surface area contributed by atoms with E-state index in [0.29, 0.717) is 30.3 Å². The zero-order valence-corrected chi connectivity index (χ0v) is 16.5. The fraction of sp³-hybridized carbons (Fsp3) is 0.562. The Kier molecular flexibility index (Phi) is 4.51. The molecule has 1 aliphatic rings. The lowest BCUT2D eigenvalue weighted by Crippen LogP contribution is -2.38. The van der Waals surface area contributed by atoms with Crippen molar-refractivity contribution >= 4 is 39.3 Å². The molecular weight excluding hydrogens is 396 g/mol. The highest BCUT2D eigenvalue weighted by Crippen LogP contribution is 2.32. The number of rotatable bonds is 0. The first-order valence-corrected chi connectivity index (χ1v) is 9.04. The Morgan fingerprint density at radius 1 is 1.46 bits per heavy atom. The van der Waals surface area contributed by atoms with Gasteiger partial charge in [-0.1, -0.05) is 18.5 Å². The molecule has 0 aliphatic carbocycles. The number of aromatic nitrogens is 3. The van der Waals surface area contributed by atoms with Crippen molar-refractivity contribution in [3.8, 4) is 0 Å². The van der Waals surface area contributed by atoms with E-state index in [2.05, 4.69) is 21.0 Å². The summed E-state index contributed by atoms with van der Waals surface area (Å²) in [4.78, 5) is 18.9. The third-order valence-corrected chi connectivity index (χ3v) is 4.86. The van der Waals surface area contributed by atoms with E-state index in [1.807, 2.05) is 27.7 Å². The van der Waals surface area contributed by atoms with Crippen LogP contribution in [-0.4, -0.2) is 44.3 Å². The molecule has 1 aliphatic heterocycles. The molecule has 0 fully saturated rings. The molecule has 6 nitrogen and oxygen atoms in total. The first kappa shape index (κ1) is 17.5. The molecule has 3 heterocycles. The van der Waals surface area contributed by atoms with E-state index in [1.54, 1.807) is 15.6 Å². The second-order valence-electron chi connectivity index (χ2n) is 7.07. The van der Waals surface area contributed by atoms with E-state index >= 15 is 0 Å². The lowest BCUT2D eigenvalue weighted by Gasteiger charge is -2.27. The number of ether oxygens (including phenoxy) is 1. The van der Waals surface area contributed by atoms with E-state index < -0.39 is 5.60 Å². The van der Waals surface area contributed by atoms with E-state index in [-0.39, 0.29) is 12.0 Å². The molecule has 1 unspecified atom stereocenters. The van der Waals surface area contributed by atoms with Crippen molar-refractivity contribution in [1.29, 1.82) is 0 Å². The largest absolute Gasteiger partial charge is 0.444 e. The van der Waals surface area contributed by atoms with Gasteiger partial charge in [-0.05, 0) is 43.1 Å². The number of amides is 1. The monoisotopic (exact) mass is 414 g/mol. The Morgan fingerprint density at radius 3 is 2.83 bits per heavy atom. The number of carbonyl (C=O) groups excluding carboxylic acids is 1. The van der Waals surface area contributed by atoms with Crippen LogP contribution in [0.1, 0.15) is 44.9 Å². The van der Waals surface area contributed by atoms with Gasteiger partial charge in [0.05, 0.1) is 16.4 Å². The zero-order chi connectivity index (χ0) is 17.6. The van der Waals surface area contributed by atoms with Crippen LogP contribution in [0, 0.1) is 0 Å². The number of hydrogen-bond donors (Lipinski definition) is 0. The molecule has 24 heavy (non-hydrogen) atoms. The molecule has 0 bridgehead atoms. The fourth-order valence-corrected chi connectivity index (χ4v) is 3.53. The summed E-state index contributed by atoms with van der Waals surface area (Å²) in [6, 6.07) is 0. The minimum atomic E-state index is -0.513. The Bertz CT molecular complexity index is 799. The molecule has 8 heteroatoms. The van der Waals surface area contributed by atoms with Crippen LogP contribution >= 0.6 is 27.5 Å². The van der Waals surface area contributed by atoms with Gasteiger partial charge in [0.15, 0.2) is 5.65 Å². The van der Waals surface area contributed by atoms with Crippen LogP contribution < -0.4 is 0 Å². The van der Waals surface area contributed by atoms with Gasteiger partial charge in [-0.3, -0.25) is 0 Å². The van der Waals surface area contributed by atoms with Gasteiger partial charge in [-0.2, -0.15) is 5.10 Å². The third-order valence-electron chi connectivity index (χ3n) is 3.92. The smallest absolute Gasteiger partial charge is 0.410 e. The highest BCUT2D eigenvalue weighted by Gasteiger charge is 2.30. The highest BCUT2D eigenvalue weighted by atomic mass is 79.9. The van der Waals surface area contributed by atoms with Crippen molar-refractivity contribution in [2.24, 2.45) is 0 Å². The maximum absolute atomic E-state index is 12.4. The van der Waals surface area contributed by atoms with E-state index in [4.69, 9.17) is 21.3 Å². The standard InChI is InChI=1S/C16H20BrClN4O2/c1-9-8-21(15(23)24-16(2,3)4)6-5-10-12(9)20-14-11(17)7-19-22(14)13(10)18/h7,9H,5-6,8H2,1-4H3. The van der Waals surface area contributed by atoms with Crippen LogP contribution in [0.3, 0.4) is 0 Å². The molecule has 2 aromatic rings. The van der Waals surface area contributed by atoms with Crippen molar-refractivity contribution < 1.29 is 9.53 Å². The summed E-state index contributed by atoms with van der Waals surface area (Å²) in [6.45, 7) is 8.74. The van der Waals surface area contributed by atoms with E-state index in [0.717, 1.165) is 15.7 Å². The summed E-state index contributed by atoms with van der Waals surface area (Å²) in [5.41, 5.74) is 2.04. The van der Waals surface area contributed by atoms with Crippen LogP contribution in [0.5, 0.6) is 0 Å². The van der Waals surface area contributed by atoms with Crippen molar-refractivity contribution in [3.63, 3.8) is 0 Å². The van der Waals surface area contributed by atoms with Crippen molar-refractivity contribution in [2.45, 2.75) is 45.6 Å². The molecule has 0 saturated carbocycles. The van der Waals surface area contributed by atoms with Gasteiger partial charge in [-0.15, -0.1) is 0 Å². The quantitative estimate of drug-likeness (QED) is 0.609. The first-order chi connectivity index (χ1) is 11.2. The number of hydrogen-bond acceptors (Lipinski definition) is 4. The Morgan fingerprint density at radius 2 is 2.17 bits per heavy atom. The molecule has 2 aromatic heterocycles. The lowest BCUT2D eigenvalue weighted by atomic mass is 10.0. The molecule has 1 atom stereocenters. The number of fused-ring (bicyclic) bond motifs is 2. The predicted octanol–water partition coefficient (Wildman–Crippen LogP) is 4.04. The molecule has 0 saturated heterocycles. The summed E-state index contributed by atoms with van der Waals surface area (Å²) < 4.78 is 7.92. The summed E-state index contributed by atoms with van der Waals surface area (Å²) in [6.07, 6.45) is 2.01. The minimum Gasteiger partial charge on any atom is -0.444 e. The molecular formula is C16H20BrClN4O2. The van der Waals surface area contributed by atoms with Gasteiger partial charge in [0, 0.05) is 24.6 Å². The second kappa shape index (κ2) is 6.19. The minimum absolute atomic E-state index is 0.0549. The molecule has 0 aromatic carbocycles. The van der Waals surface area contributed by atoms with Crippen LogP contribution in [-0.2, 0) is 11.2 Å². The van der Waals surface area contributed by atoms with Crippen LogP contribution in [0.2, 0.25) is 5.15 Å². The van der Waals surface area contributed by atoms with Crippen LogP contribution in [0.15, 0.2) is 10.7 Å². The Balaban J connectivity index is 1.94. The average molecular weight is 416 g/mol. The van der Waals surface area contributed by atoms with E-state index in [1.165, 1.54) is 0 Å². The normalized spacial score (nSPS) is 18.4. The Labute approximate surface area is 154 Å². The van der Waals surface area contributed by atoms with Gasteiger partial charge < -0.3 is 9.64 Å². The van der Waals surface area contributed by atoms with Crippen molar-refractivity contribution in [1.82, 2.24) is 19.5 Å². The van der Waals surface area contributed by atoms with Gasteiger partial charge >= 0.3 is 6.09 Å². The van der Waals surface area contributed by atoms with E-state index in [9.17, 15) is 4.79 Å². The van der Waals surface area contributed by atoms with Gasteiger partial charge in [0.2, 0.25) is 0 Å². The number of carbonyl (C=O) groups is 1. The molecule has 1 amide bonds.